The number of esters is 1. The Morgan fingerprint density at radius 2 is 1.85 bits per heavy atom. The molecule has 0 spiro atoms. The van der Waals surface area contributed by atoms with Gasteiger partial charge in [0.05, 0.1) is 6.10 Å². The number of ether oxygens (including phenoxy) is 1. The van der Waals surface area contributed by atoms with Crippen LogP contribution in [0.1, 0.15) is 46.6 Å². The van der Waals surface area contributed by atoms with Crippen molar-refractivity contribution in [2.75, 3.05) is 6.54 Å². The van der Waals surface area contributed by atoms with E-state index in [1.54, 1.807) is 5.01 Å². The zero-order chi connectivity index (χ0) is 19.5. The number of nitrogens with one attached hydrogen (secondary N) is 1. The molecule has 0 aromatic heterocycles. The highest BCUT2D eigenvalue weighted by Crippen LogP contribution is 2.28. The zero-order valence-corrected chi connectivity index (χ0v) is 17.6. The lowest BCUT2D eigenvalue weighted by Crippen LogP contribution is -2.56. The molecule has 1 atom stereocenters. The number of hydrogen-bond acceptors (Lipinski definition) is 4. The molecule has 6 heteroatoms. The lowest BCUT2D eigenvalue weighted by molar-refractivity contribution is -0.156. The highest BCUT2D eigenvalue weighted by Gasteiger charge is 2.34. The third kappa shape index (κ3) is 5.42. The molecule has 2 rings (SSSR count). The van der Waals surface area contributed by atoms with Gasteiger partial charge in [0.2, 0.25) is 5.91 Å². The monoisotopic (exact) mass is 422 g/mol. The van der Waals surface area contributed by atoms with Crippen LogP contribution in [0.5, 0.6) is 0 Å². The van der Waals surface area contributed by atoms with Crippen molar-refractivity contribution in [1.82, 2.24) is 10.4 Å². The highest BCUT2D eigenvalue weighted by molar-refractivity contribution is 9.10. The summed E-state index contributed by atoms with van der Waals surface area (Å²) in [4.78, 5) is 25.0. The summed E-state index contributed by atoms with van der Waals surface area (Å²) in [6.07, 6.45) is 2.33. The van der Waals surface area contributed by atoms with Crippen molar-refractivity contribution in [1.29, 1.82) is 0 Å². The molecule has 0 saturated carbocycles. The molecule has 1 aromatic carbocycles. The van der Waals surface area contributed by atoms with Crippen molar-refractivity contribution >= 4 is 33.4 Å². The zero-order valence-electron chi connectivity index (χ0n) is 16.0. The van der Waals surface area contributed by atoms with E-state index < -0.39 is 11.5 Å². The van der Waals surface area contributed by atoms with E-state index in [2.05, 4.69) is 21.4 Å². The maximum atomic E-state index is 12.6. The summed E-state index contributed by atoms with van der Waals surface area (Å²) in [5.74, 6) is -0.447. The van der Waals surface area contributed by atoms with Crippen molar-refractivity contribution in [3.63, 3.8) is 0 Å². The number of nitrogens with zero attached hydrogens (tertiary/aromatic N) is 1. The fourth-order valence-electron chi connectivity index (χ4n) is 2.58. The molecule has 0 unspecified atom stereocenters. The maximum absolute atomic E-state index is 12.6. The molecule has 1 aliphatic heterocycles. The lowest BCUT2D eigenvalue weighted by Gasteiger charge is -2.35. The average molecular weight is 423 g/mol. The van der Waals surface area contributed by atoms with E-state index in [0.717, 1.165) is 15.6 Å². The number of carbonyl (C=O) groups is 2. The molecule has 0 saturated heterocycles. The smallest absolute Gasteiger partial charge is 0.325 e. The van der Waals surface area contributed by atoms with Crippen molar-refractivity contribution in [2.45, 2.75) is 53.2 Å². The summed E-state index contributed by atoms with van der Waals surface area (Å²) >= 11 is 3.44. The first kappa shape index (κ1) is 20.6. The first-order valence-electron chi connectivity index (χ1n) is 8.81. The van der Waals surface area contributed by atoms with Crippen LogP contribution in [-0.2, 0) is 14.3 Å². The van der Waals surface area contributed by atoms with Crippen LogP contribution in [-0.4, -0.2) is 35.6 Å². The van der Waals surface area contributed by atoms with Gasteiger partial charge in [0.1, 0.15) is 6.04 Å². The minimum atomic E-state index is -0.549. The third-order valence-electron chi connectivity index (χ3n) is 4.09. The summed E-state index contributed by atoms with van der Waals surface area (Å²) in [6.45, 7) is 9.63. The first-order chi connectivity index (χ1) is 12.1. The second-order valence-electron chi connectivity index (χ2n) is 7.79. The molecule has 1 aliphatic rings. The molecule has 0 radical (unpaired) electrons. The predicted molar refractivity (Wildman–Crippen MR) is 106 cm³/mol. The SMILES string of the molecule is CC(C)OC(=O)[C@@H]1CC(c2ccc(Br)cc2)=CCN1NC(=O)C(C)(C)C. The Morgan fingerprint density at radius 1 is 1.23 bits per heavy atom. The fourth-order valence-corrected chi connectivity index (χ4v) is 2.84. The molecule has 5 nitrogen and oxygen atoms in total. The van der Waals surface area contributed by atoms with Crippen LogP contribution in [0, 0.1) is 5.41 Å². The molecule has 1 amide bonds. The number of halogens is 1. The lowest BCUT2D eigenvalue weighted by atomic mass is 9.94. The largest absolute Gasteiger partial charge is 0.462 e. The molecular weight excluding hydrogens is 396 g/mol. The topological polar surface area (TPSA) is 58.6 Å². The summed E-state index contributed by atoms with van der Waals surface area (Å²) in [6, 6.07) is 7.44. The molecule has 1 aromatic rings. The van der Waals surface area contributed by atoms with Crippen molar-refractivity contribution in [3.8, 4) is 0 Å². The second-order valence-corrected chi connectivity index (χ2v) is 8.70. The summed E-state index contributed by atoms with van der Waals surface area (Å²) in [7, 11) is 0. The van der Waals surface area contributed by atoms with Crippen molar-refractivity contribution < 1.29 is 14.3 Å². The minimum Gasteiger partial charge on any atom is -0.462 e. The van der Waals surface area contributed by atoms with Gasteiger partial charge in [-0.05, 0) is 37.1 Å². The molecular formula is C20H27BrN2O3. The van der Waals surface area contributed by atoms with Gasteiger partial charge in [-0.3, -0.25) is 15.0 Å². The Hall–Kier alpha value is -1.66. The Kier molecular flexibility index (Phi) is 6.64. The van der Waals surface area contributed by atoms with Gasteiger partial charge in [-0.15, -0.1) is 0 Å². The van der Waals surface area contributed by atoms with Crippen LogP contribution in [0.3, 0.4) is 0 Å². The predicted octanol–water partition coefficient (Wildman–Crippen LogP) is 3.94. The summed E-state index contributed by atoms with van der Waals surface area (Å²) in [5.41, 5.74) is 4.49. The van der Waals surface area contributed by atoms with E-state index in [4.69, 9.17) is 4.74 Å². The Balaban J connectivity index is 2.24. The van der Waals surface area contributed by atoms with Gasteiger partial charge in [-0.2, -0.15) is 0 Å². The standard InChI is InChI=1S/C20H27BrN2O3/c1-13(2)26-18(24)17-12-15(14-6-8-16(21)9-7-14)10-11-23(17)22-19(25)20(3,4)5/h6-10,13,17H,11-12H2,1-5H3,(H,22,25)/t17-/m0/s1. The molecule has 142 valence electrons. The van der Waals surface area contributed by atoms with E-state index in [9.17, 15) is 9.59 Å². The van der Waals surface area contributed by atoms with Gasteiger partial charge in [-0.25, -0.2) is 5.01 Å². The maximum Gasteiger partial charge on any atom is 0.325 e. The van der Waals surface area contributed by atoms with E-state index >= 15 is 0 Å². The third-order valence-corrected chi connectivity index (χ3v) is 4.62. The Bertz CT molecular complexity index is 690. The van der Waals surface area contributed by atoms with Gasteiger partial charge in [0.25, 0.3) is 0 Å². The van der Waals surface area contributed by atoms with Crippen molar-refractivity contribution in [2.24, 2.45) is 5.41 Å². The molecule has 0 bridgehead atoms. The number of hydrogen-bond donors (Lipinski definition) is 1. The fraction of sp³-hybridized carbons (Fsp3) is 0.500. The number of carbonyl (C=O) groups excluding carboxylic acids is 2. The van der Waals surface area contributed by atoms with Gasteiger partial charge >= 0.3 is 5.97 Å². The van der Waals surface area contributed by atoms with E-state index in [-0.39, 0.29) is 18.0 Å². The van der Waals surface area contributed by atoms with Crippen LogP contribution in [0.4, 0.5) is 0 Å². The van der Waals surface area contributed by atoms with E-state index in [1.165, 1.54) is 0 Å². The molecule has 0 fully saturated rings. The number of benzene rings is 1. The molecule has 26 heavy (non-hydrogen) atoms. The molecule has 1 heterocycles. The number of amides is 1. The van der Waals surface area contributed by atoms with Crippen LogP contribution < -0.4 is 5.43 Å². The van der Waals surface area contributed by atoms with Crippen LogP contribution in [0.15, 0.2) is 34.8 Å². The van der Waals surface area contributed by atoms with Crippen LogP contribution in [0.2, 0.25) is 0 Å². The molecule has 0 aliphatic carbocycles. The van der Waals surface area contributed by atoms with Gasteiger partial charge in [0.15, 0.2) is 0 Å². The van der Waals surface area contributed by atoms with Gasteiger partial charge in [-0.1, -0.05) is 54.9 Å². The van der Waals surface area contributed by atoms with E-state index in [1.807, 2.05) is 65.0 Å². The highest BCUT2D eigenvalue weighted by atomic mass is 79.9. The van der Waals surface area contributed by atoms with E-state index in [0.29, 0.717) is 13.0 Å². The molecule has 1 N–H and O–H groups in total. The first-order valence-corrected chi connectivity index (χ1v) is 9.60. The Morgan fingerprint density at radius 3 is 2.38 bits per heavy atom. The normalized spacial score (nSPS) is 18.4. The van der Waals surface area contributed by atoms with Crippen LogP contribution in [0.25, 0.3) is 5.57 Å². The quantitative estimate of drug-likeness (QED) is 0.746. The van der Waals surface area contributed by atoms with Crippen LogP contribution >= 0.6 is 15.9 Å². The Labute approximate surface area is 163 Å². The summed E-state index contributed by atoms with van der Waals surface area (Å²) in [5, 5.41) is 1.68. The second kappa shape index (κ2) is 8.35. The summed E-state index contributed by atoms with van der Waals surface area (Å²) < 4.78 is 6.43. The van der Waals surface area contributed by atoms with Gasteiger partial charge < -0.3 is 4.74 Å². The number of rotatable bonds is 4. The minimum absolute atomic E-state index is 0.125. The van der Waals surface area contributed by atoms with Crippen molar-refractivity contribution in [3.05, 3.63) is 40.4 Å². The number of hydrazine groups is 1. The van der Waals surface area contributed by atoms with Gasteiger partial charge in [0, 0.05) is 22.9 Å². The average Bonchev–Trinajstić information content (AvgIpc) is 2.54.